The van der Waals surface area contributed by atoms with Gasteiger partial charge in [0.25, 0.3) is 5.91 Å². The Labute approximate surface area is 202 Å². The van der Waals surface area contributed by atoms with Crippen LogP contribution < -0.4 is 10.2 Å². The number of hydrogen-bond acceptors (Lipinski definition) is 5. The number of nitrogens with zero attached hydrogens (tertiary/aromatic N) is 1. The molecule has 0 saturated heterocycles. The van der Waals surface area contributed by atoms with Crippen LogP contribution in [0.1, 0.15) is 33.3 Å². The summed E-state index contributed by atoms with van der Waals surface area (Å²) in [5, 5.41) is 11.0. The number of aromatic hydroxyl groups is 1. The number of methoxy groups -OCH3 is 1. The molecule has 0 bridgehead atoms. The number of rotatable bonds is 4. The van der Waals surface area contributed by atoms with E-state index >= 15 is 0 Å². The zero-order chi connectivity index (χ0) is 23.3. The Morgan fingerprint density at radius 1 is 1.12 bits per heavy atom. The van der Waals surface area contributed by atoms with Crippen LogP contribution in [-0.4, -0.2) is 23.0 Å². The van der Waals surface area contributed by atoms with Gasteiger partial charge in [0.15, 0.2) is 16.9 Å². The highest BCUT2D eigenvalue weighted by atomic mass is 79.9. The number of carbonyl (C=O) groups is 1. The fourth-order valence-corrected chi connectivity index (χ4v) is 4.82. The van der Waals surface area contributed by atoms with Gasteiger partial charge < -0.3 is 19.2 Å². The molecule has 0 spiro atoms. The fourth-order valence-electron chi connectivity index (χ4n) is 4.19. The van der Waals surface area contributed by atoms with Gasteiger partial charge in [-0.25, -0.2) is 0 Å². The lowest BCUT2D eigenvalue weighted by Gasteiger charge is -2.26. The number of phenols is 1. The topological polar surface area (TPSA) is 80.0 Å². The highest BCUT2D eigenvalue weighted by Crippen LogP contribution is 2.44. The first-order chi connectivity index (χ1) is 15.9. The molecule has 33 heavy (non-hydrogen) atoms. The molecule has 1 amide bonds. The van der Waals surface area contributed by atoms with Gasteiger partial charge in [-0.15, -0.1) is 0 Å². The van der Waals surface area contributed by atoms with Crippen LogP contribution in [0.25, 0.3) is 11.0 Å². The summed E-state index contributed by atoms with van der Waals surface area (Å²) in [7, 11) is 1.44. The van der Waals surface area contributed by atoms with E-state index in [0.717, 1.165) is 5.56 Å². The van der Waals surface area contributed by atoms with E-state index < -0.39 is 11.9 Å². The number of fused-ring (bicyclic) bond motifs is 2. The fraction of sp³-hybridized carbons (Fsp3) is 0.120. The molecule has 166 valence electrons. The molecule has 8 heteroatoms. The van der Waals surface area contributed by atoms with Crippen molar-refractivity contribution in [1.82, 2.24) is 4.90 Å². The molecule has 1 aliphatic heterocycles. The molecule has 1 N–H and O–H groups in total. The van der Waals surface area contributed by atoms with Gasteiger partial charge in [0, 0.05) is 11.6 Å². The Morgan fingerprint density at radius 2 is 1.88 bits per heavy atom. The number of amides is 1. The highest BCUT2D eigenvalue weighted by molar-refractivity contribution is 9.10. The highest BCUT2D eigenvalue weighted by Gasteiger charge is 2.43. The number of phenolic OH excluding ortho intramolecular Hbond substituents is 1. The zero-order valence-corrected chi connectivity index (χ0v) is 19.7. The maximum absolute atomic E-state index is 13.6. The number of benzene rings is 3. The van der Waals surface area contributed by atoms with Crippen molar-refractivity contribution in [2.75, 3.05) is 7.11 Å². The predicted octanol–water partition coefficient (Wildman–Crippen LogP) is 5.67. The lowest BCUT2D eigenvalue weighted by molar-refractivity contribution is 0.0714. The standard InChI is InChI=1S/C25H17BrClNO5/c1-32-19-10-14(9-17(26)23(19)30)21-20-22(29)16-11-15(27)7-8-18(16)33-24(20)25(31)28(21)12-13-5-3-2-4-6-13/h2-11,21,30H,12H2,1H3/t21-/m0/s1. The van der Waals surface area contributed by atoms with Crippen LogP contribution in [0.3, 0.4) is 0 Å². The van der Waals surface area contributed by atoms with Crippen LogP contribution in [0.15, 0.2) is 74.3 Å². The van der Waals surface area contributed by atoms with Crippen LogP contribution in [0, 0.1) is 0 Å². The molecule has 6 nitrogen and oxygen atoms in total. The van der Waals surface area contributed by atoms with Crippen molar-refractivity contribution >= 4 is 44.4 Å². The van der Waals surface area contributed by atoms with E-state index in [2.05, 4.69) is 15.9 Å². The lowest BCUT2D eigenvalue weighted by atomic mass is 9.97. The Hall–Kier alpha value is -3.29. The Kier molecular flexibility index (Phi) is 5.38. The molecule has 2 heterocycles. The van der Waals surface area contributed by atoms with Crippen LogP contribution in [0.2, 0.25) is 5.02 Å². The lowest BCUT2D eigenvalue weighted by Crippen LogP contribution is -2.29. The van der Waals surface area contributed by atoms with Gasteiger partial charge >= 0.3 is 0 Å². The van der Waals surface area contributed by atoms with E-state index in [1.807, 2.05) is 30.3 Å². The first-order valence-electron chi connectivity index (χ1n) is 10.1. The molecule has 1 aliphatic rings. The molecule has 1 atom stereocenters. The molecule has 0 radical (unpaired) electrons. The summed E-state index contributed by atoms with van der Waals surface area (Å²) >= 11 is 9.47. The van der Waals surface area contributed by atoms with E-state index in [4.69, 9.17) is 20.8 Å². The molecule has 0 saturated carbocycles. The zero-order valence-electron chi connectivity index (χ0n) is 17.3. The Morgan fingerprint density at radius 3 is 2.61 bits per heavy atom. The summed E-state index contributed by atoms with van der Waals surface area (Å²) < 4.78 is 11.6. The van der Waals surface area contributed by atoms with E-state index in [0.29, 0.717) is 26.0 Å². The van der Waals surface area contributed by atoms with Gasteiger partial charge in [-0.1, -0.05) is 41.9 Å². The minimum Gasteiger partial charge on any atom is -0.503 e. The van der Waals surface area contributed by atoms with E-state index in [1.54, 1.807) is 29.2 Å². The summed E-state index contributed by atoms with van der Waals surface area (Å²) in [6, 6.07) is 16.8. The Bertz CT molecular complexity index is 1470. The second-order valence-electron chi connectivity index (χ2n) is 7.69. The second kappa shape index (κ2) is 8.24. The number of carbonyl (C=O) groups excluding carboxylic acids is 1. The quantitative estimate of drug-likeness (QED) is 0.371. The number of halogens is 2. The van der Waals surface area contributed by atoms with Crippen molar-refractivity contribution < 1.29 is 19.1 Å². The minimum atomic E-state index is -0.752. The monoisotopic (exact) mass is 525 g/mol. The maximum atomic E-state index is 13.6. The van der Waals surface area contributed by atoms with Gasteiger partial charge in [0.1, 0.15) is 5.58 Å². The van der Waals surface area contributed by atoms with Crippen LogP contribution >= 0.6 is 27.5 Å². The first-order valence-corrected chi connectivity index (χ1v) is 11.2. The number of hydrogen-bond donors (Lipinski definition) is 1. The summed E-state index contributed by atoms with van der Waals surface area (Å²) in [5.41, 5.74) is 1.68. The second-order valence-corrected chi connectivity index (χ2v) is 8.98. The first kappa shape index (κ1) is 21.6. The third kappa shape index (κ3) is 3.57. The summed E-state index contributed by atoms with van der Waals surface area (Å²) in [5.74, 6) is -0.249. The number of ether oxygens (including phenoxy) is 1. The molecule has 0 aliphatic carbocycles. The van der Waals surface area contributed by atoms with Crippen molar-refractivity contribution in [3.8, 4) is 11.5 Å². The van der Waals surface area contributed by atoms with Gasteiger partial charge in [0.2, 0.25) is 5.76 Å². The molecular weight excluding hydrogens is 510 g/mol. The van der Waals surface area contributed by atoms with Gasteiger partial charge in [-0.3, -0.25) is 9.59 Å². The Balaban J connectivity index is 1.77. The third-order valence-electron chi connectivity index (χ3n) is 5.71. The van der Waals surface area contributed by atoms with Crippen molar-refractivity contribution in [2.24, 2.45) is 0 Å². The molecule has 5 rings (SSSR count). The average Bonchev–Trinajstić information content (AvgIpc) is 3.08. The van der Waals surface area contributed by atoms with Gasteiger partial charge in [-0.05, 0) is 57.4 Å². The van der Waals surface area contributed by atoms with E-state index in [-0.39, 0.29) is 34.8 Å². The maximum Gasteiger partial charge on any atom is 0.291 e. The molecule has 4 aromatic rings. The SMILES string of the molecule is COc1cc([C@H]2c3c(oc4ccc(Cl)cc4c3=O)C(=O)N2Cc2ccccc2)cc(Br)c1O. The van der Waals surface area contributed by atoms with Crippen LogP contribution in [0.5, 0.6) is 11.5 Å². The summed E-state index contributed by atoms with van der Waals surface area (Å²) in [6.07, 6.45) is 0. The third-order valence-corrected chi connectivity index (χ3v) is 6.55. The molecule has 0 unspecified atom stereocenters. The largest absolute Gasteiger partial charge is 0.503 e. The van der Waals surface area contributed by atoms with E-state index in [1.165, 1.54) is 13.2 Å². The molecular formula is C25H17BrClNO5. The van der Waals surface area contributed by atoms with Crippen LogP contribution in [0.4, 0.5) is 0 Å². The van der Waals surface area contributed by atoms with Crippen LogP contribution in [-0.2, 0) is 6.54 Å². The van der Waals surface area contributed by atoms with Crippen molar-refractivity contribution in [1.29, 1.82) is 0 Å². The van der Waals surface area contributed by atoms with Crippen molar-refractivity contribution in [3.05, 3.63) is 103 Å². The molecule has 0 fully saturated rings. The predicted molar refractivity (Wildman–Crippen MR) is 128 cm³/mol. The van der Waals surface area contributed by atoms with Gasteiger partial charge in [0.05, 0.1) is 28.6 Å². The van der Waals surface area contributed by atoms with Gasteiger partial charge in [-0.2, -0.15) is 0 Å². The molecule has 1 aromatic heterocycles. The van der Waals surface area contributed by atoms with Crippen molar-refractivity contribution in [2.45, 2.75) is 12.6 Å². The normalized spacial score (nSPS) is 15.2. The van der Waals surface area contributed by atoms with E-state index in [9.17, 15) is 14.7 Å². The summed E-state index contributed by atoms with van der Waals surface area (Å²) in [4.78, 5) is 28.7. The van der Waals surface area contributed by atoms with Crippen molar-refractivity contribution in [3.63, 3.8) is 0 Å². The minimum absolute atomic E-state index is 0.00100. The summed E-state index contributed by atoms with van der Waals surface area (Å²) in [6.45, 7) is 0.256. The molecule has 3 aromatic carbocycles. The average molecular weight is 527 g/mol. The smallest absolute Gasteiger partial charge is 0.291 e.